The van der Waals surface area contributed by atoms with Crippen LogP contribution in [-0.2, 0) is 16.6 Å². The number of thiophene rings is 1. The van der Waals surface area contributed by atoms with Gasteiger partial charge in [0.25, 0.3) is 10.0 Å². The van der Waals surface area contributed by atoms with Crippen LogP contribution in [0.4, 0.5) is 4.39 Å². The zero-order valence-corrected chi connectivity index (χ0v) is 15.9. The highest BCUT2D eigenvalue weighted by Crippen LogP contribution is 2.22. The van der Waals surface area contributed by atoms with Crippen LogP contribution in [0, 0.1) is 5.82 Å². The molecule has 3 aromatic rings. The van der Waals surface area contributed by atoms with Crippen molar-refractivity contribution in [1.82, 2.24) is 19.3 Å². The van der Waals surface area contributed by atoms with Crippen LogP contribution in [0.3, 0.4) is 0 Å². The summed E-state index contributed by atoms with van der Waals surface area (Å²) in [4.78, 5) is 6.41. The Morgan fingerprint density at radius 1 is 1.11 bits per heavy atom. The van der Waals surface area contributed by atoms with Gasteiger partial charge in [-0.3, -0.25) is 4.90 Å². The lowest BCUT2D eigenvalue weighted by atomic mass is 10.2. The minimum Gasteiger partial charge on any atom is -0.338 e. The monoisotopic (exact) mass is 408 g/mol. The lowest BCUT2D eigenvalue weighted by molar-refractivity contribution is 0.163. The Balaban J connectivity index is 1.37. The van der Waals surface area contributed by atoms with Crippen molar-refractivity contribution in [3.8, 4) is 11.4 Å². The third-order valence-electron chi connectivity index (χ3n) is 4.35. The molecule has 1 aromatic carbocycles. The molecule has 7 nitrogen and oxygen atoms in total. The van der Waals surface area contributed by atoms with E-state index in [-0.39, 0.29) is 5.82 Å². The summed E-state index contributed by atoms with van der Waals surface area (Å²) in [7, 11) is -3.41. The molecule has 0 spiro atoms. The molecule has 0 bridgehead atoms. The fraction of sp³-hybridized carbons (Fsp3) is 0.294. The van der Waals surface area contributed by atoms with E-state index in [1.54, 1.807) is 29.6 Å². The van der Waals surface area contributed by atoms with E-state index in [2.05, 4.69) is 15.0 Å². The SMILES string of the molecule is O=S(=O)(c1cccs1)N1CCN(Cc2nc(-c3ccc(F)cc3)no2)CC1. The molecule has 3 heterocycles. The lowest BCUT2D eigenvalue weighted by Gasteiger charge is -2.32. The third kappa shape index (κ3) is 3.93. The van der Waals surface area contributed by atoms with Crippen molar-refractivity contribution in [2.75, 3.05) is 26.2 Å². The molecular formula is C17H17FN4O3S2. The summed E-state index contributed by atoms with van der Waals surface area (Å²) < 4.78 is 45.3. The summed E-state index contributed by atoms with van der Waals surface area (Å²) in [6.45, 7) is 2.44. The molecule has 4 rings (SSSR count). The summed E-state index contributed by atoms with van der Waals surface area (Å²) in [6, 6.07) is 9.25. The van der Waals surface area contributed by atoms with Crippen LogP contribution >= 0.6 is 11.3 Å². The van der Waals surface area contributed by atoms with Gasteiger partial charge in [-0.2, -0.15) is 9.29 Å². The Morgan fingerprint density at radius 3 is 2.52 bits per heavy atom. The van der Waals surface area contributed by atoms with E-state index < -0.39 is 10.0 Å². The van der Waals surface area contributed by atoms with Crippen molar-refractivity contribution in [1.29, 1.82) is 0 Å². The second kappa shape index (κ2) is 7.47. The summed E-state index contributed by atoms with van der Waals surface area (Å²) >= 11 is 1.23. The van der Waals surface area contributed by atoms with Crippen LogP contribution in [0.15, 0.2) is 50.5 Å². The normalized spacial score (nSPS) is 16.6. The van der Waals surface area contributed by atoms with Crippen LogP contribution in [0.2, 0.25) is 0 Å². The van der Waals surface area contributed by atoms with Gasteiger partial charge in [0.15, 0.2) is 0 Å². The molecule has 1 aliphatic rings. The molecule has 0 N–H and O–H groups in total. The van der Waals surface area contributed by atoms with Gasteiger partial charge in [0.05, 0.1) is 6.54 Å². The van der Waals surface area contributed by atoms with Crippen LogP contribution in [0.1, 0.15) is 5.89 Å². The summed E-state index contributed by atoms with van der Waals surface area (Å²) in [6.07, 6.45) is 0. The van der Waals surface area contributed by atoms with Crippen LogP contribution in [-0.4, -0.2) is 53.9 Å². The average Bonchev–Trinajstić information content (AvgIpc) is 3.35. The minimum absolute atomic E-state index is 0.321. The second-order valence-corrected chi connectivity index (χ2v) is 9.24. The number of piperazine rings is 1. The maximum atomic E-state index is 13.0. The molecule has 0 atom stereocenters. The molecule has 0 radical (unpaired) electrons. The second-order valence-electron chi connectivity index (χ2n) is 6.13. The van der Waals surface area contributed by atoms with Crippen molar-refractivity contribution in [3.63, 3.8) is 0 Å². The van der Waals surface area contributed by atoms with E-state index in [1.165, 1.54) is 27.8 Å². The molecule has 2 aromatic heterocycles. The van der Waals surface area contributed by atoms with Crippen molar-refractivity contribution in [2.24, 2.45) is 0 Å². The molecular weight excluding hydrogens is 391 g/mol. The minimum atomic E-state index is -3.41. The third-order valence-corrected chi connectivity index (χ3v) is 7.62. The number of nitrogens with zero attached hydrogens (tertiary/aromatic N) is 4. The van der Waals surface area contributed by atoms with Gasteiger partial charge in [-0.05, 0) is 35.7 Å². The zero-order valence-electron chi connectivity index (χ0n) is 14.3. The fourth-order valence-corrected chi connectivity index (χ4v) is 5.46. The van der Waals surface area contributed by atoms with Gasteiger partial charge in [-0.25, -0.2) is 12.8 Å². The predicted octanol–water partition coefficient (Wildman–Crippen LogP) is 2.44. The standard InChI is InChI=1S/C17H17FN4O3S2/c18-14-5-3-13(4-6-14)17-19-15(25-20-17)12-21-7-9-22(10-8-21)27(23,24)16-2-1-11-26-16/h1-6,11H,7-10,12H2. The van der Waals surface area contributed by atoms with Gasteiger partial charge in [0.2, 0.25) is 11.7 Å². The number of hydrogen-bond donors (Lipinski definition) is 0. The van der Waals surface area contributed by atoms with Crippen LogP contribution in [0.25, 0.3) is 11.4 Å². The summed E-state index contributed by atoms with van der Waals surface area (Å²) in [5.74, 6) is 0.533. The van der Waals surface area contributed by atoms with Gasteiger partial charge in [0, 0.05) is 31.7 Å². The first-order valence-electron chi connectivity index (χ1n) is 8.37. The average molecular weight is 408 g/mol. The van der Waals surface area contributed by atoms with Crippen molar-refractivity contribution < 1.29 is 17.3 Å². The molecule has 142 valence electrons. The van der Waals surface area contributed by atoms with E-state index in [4.69, 9.17) is 4.52 Å². The number of hydrogen-bond acceptors (Lipinski definition) is 7. The predicted molar refractivity (Wildman–Crippen MR) is 98.0 cm³/mol. The van der Waals surface area contributed by atoms with Crippen molar-refractivity contribution in [2.45, 2.75) is 10.8 Å². The van der Waals surface area contributed by atoms with E-state index in [9.17, 15) is 12.8 Å². The van der Waals surface area contributed by atoms with Gasteiger partial charge >= 0.3 is 0 Å². The Hall–Kier alpha value is -2.14. The molecule has 10 heteroatoms. The molecule has 0 unspecified atom stereocenters. The Labute approximate surface area is 160 Å². The number of rotatable bonds is 5. The number of benzene rings is 1. The highest BCUT2D eigenvalue weighted by Gasteiger charge is 2.29. The number of aromatic nitrogens is 2. The first kappa shape index (κ1) is 18.2. The maximum absolute atomic E-state index is 13.0. The molecule has 0 aliphatic carbocycles. The van der Waals surface area contributed by atoms with Gasteiger partial charge < -0.3 is 4.52 Å². The van der Waals surface area contributed by atoms with E-state index in [1.807, 2.05) is 0 Å². The maximum Gasteiger partial charge on any atom is 0.252 e. The van der Waals surface area contributed by atoms with Gasteiger partial charge in [-0.1, -0.05) is 11.2 Å². The van der Waals surface area contributed by atoms with Crippen molar-refractivity contribution >= 4 is 21.4 Å². The first-order valence-corrected chi connectivity index (χ1v) is 10.7. The van der Waals surface area contributed by atoms with E-state index >= 15 is 0 Å². The Morgan fingerprint density at radius 2 is 1.85 bits per heavy atom. The van der Waals surface area contributed by atoms with E-state index in [0.717, 1.165) is 0 Å². The van der Waals surface area contributed by atoms with Crippen LogP contribution in [0.5, 0.6) is 0 Å². The van der Waals surface area contributed by atoms with E-state index in [0.29, 0.717) is 54.2 Å². The molecule has 0 saturated carbocycles. The first-order chi connectivity index (χ1) is 13.0. The zero-order chi connectivity index (χ0) is 18.9. The van der Waals surface area contributed by atoms with Gasteiger partial charge in [0.1, 0.15) is 10.0 Å². The molecule has 0 amide bonds. The Kier molecular flexibility index (Phi) is 5.04. The smallest absolute Gasteiger partial charge is 0.252 e. The highest BCUT2D eigenvalue weighted by molar-refractivity contribution is 7.91. The number of halogens is 1. The molecule has 1 saturated heterocycles. The quantitative estimate of drug-likeness (QED) is 0.645. The molecule has 27 heavy (non-hydrogen) atoms. The molecule has 1 aliphatic heterocycles. The highest BCUT2D eigenvalue weighted by atomic mass is 32.2. The Bertz CT molecular complexity index is 995. The largest absolute Gasteiger partial charge is 0.338 e. The molecule has 1 fully saturated rings. The fourth-order valence-electron chi connectivity index (χ4n) is 2.89. The topological polar surface area (TPSA) is 79.5 Å². The summed E-state index contributed by atoms with van der Waals surface area (Å²) in [5, 5.41) is 5.69. The lowest BCUT2D eigenvalue weighted by Crippen LogP contribution is -2.48. The van der Waals surface area contributed by atoms with Crippen LogP contribution < -0.4 is 0 Å². The summed E-state index contributed by atoms with van der Waals surface area (Å²) in [5.41, 5.74) is 0.679. The van der Waals surface area contributed by atoms with Crippen molar-refractivity contribution in [3.05, 3.63) is 53.5 Å². The van der Waals surface area contributed by atoms with Gasteiger partial charge in [-0.15, -0.1) is 11.3 Å². The number of sulfonamides is 1.